The van der Waals surface area contributed by atoms with E-state index in [9.17, 15) is 4.39 Å². The van der Waals surface area contributed by atoms with E-state index < -0.39 is 0 Å². The molecule has 1 aromatic carbocycles. The molecule has 3 aliphatic rings. The maximum atomic E-state index is 13.6. The van der Waals surface area contributed by atoms with E-state index in [1.807, 2.05) is 6.07 Å². The van der Waals surface area contributed by atoms with Gasteiger partial charge in [0.1, 0.15) is 5.82 Å². The van der Waals surface area contributed by atoms with Crippen molar-refractivity contribution in [3.05, 3.63) is 47.4 Å². The number of fused-ring (bicyclic) bond motifs is 3. The van der Waals surface area contributed by atoms with Crippen molar-refractivity contribution in [2.75, 3.05) is 13.1 Å². The van der Waals surface area contributed by atoms with Gasteiger partial charge in [0.15, 0.2) is 0 Å². The first kappa shape index (κ1) is 15.9. The fraction of sp³-hybridized carbons (Fsp3) is 0.524. The van der Waals surface area contributed by atoms with E-state index in [4.69, 9.17) is 0 Å². The van der Waals surface area contributed by atoms with Gasteiger partial charge in [-0.3, -0.25) is 4.90 Å². The first-order valence-corrected chi connectivity index (χ1v) is 9.39. The summed E-state index contributed by atoms with van der Waals surface area (Å²) in [4.78, 5) is 5.94. The third kappa shape index (κ3) is 2.69. The highest BCUT2D eigenvalue weighted by Crippen LogP contribution is 2.41. The maximum Gasteiger partial charge on any atom is 0.123 e. The van der Waals surface area contributed by atoms with E-state index in [-0.39, 0.29) is 5.82 Å². The Morgan fingerprint density at radius 2 is 2.17 bits per heavy atom. The highest BCUT2D eigenvalue weighted by Gasteiger charge is 2.39. The minimum Gasteiger partial charge on any atom is -0.361 e. The highest BCUT2D eigenvalue weighted by atomic mass is 19.1. The fourth-order valence-corrected chi connectivity index (χ4v) is 4.82. The number of hydrogen-bond donors (Lipinski definition) is 1. The van der Waals surface area contributed by atoms with Crippen LogP contribution in [0.3, 0.4) is 0 Å². The van der Waals surface area contributed by atoms with Crippen molar-refractivity contribution < 1.29 is 4.39 Å². The summed E-state index contributed by atoms with van der Waals surface area (Å²) in [5.74, 6) is 1.41. The Kier molecular flexibility index (Phi) is 4.21. The molecular weight excluding hydrogens is 299 g/mol. The van der Waals surface area contributed by atoms with Gasteiger partial charge in [0.05, 0.1) is 0 Å². The number of H-pyrrole nitrogens is 1. The number of aromatic nitrogens is 1. The van der Waals surface area contributed by atoms with Gasteiger partial charge in [-0.05, 0) is 54.9 Å². The molecular formula is C21H27FN2. The van der Waals surface area contributed by atoms with Gasteiger partial charge in [-0.2, -0.15) is 0 Å². The predicted molar refractivity (Wildman–Crippen MR) is 97.6 cm³/mol. The monoisotopic (exact) mass is 326 g/mol. The van der Waals surface area contributed by atoms with Crippen LogP contribution in [0.25, 0.3) is 10.9 Å². The van der Waals surface area contributed by atoms with Crippen molar-refractivity contribution in [1.82, 2.24) is 9.88 Å². The standard InChI is InChI=1S/C21H27FN2/c1-3-14-10-21-15(4-2)9-17(14)13-24(21)8-7-16-12-23-20-6-5-18(22)11-19(16)20/h5-6,10-12,15,17,21,23H,3-4,7-9,13H2,1-2H3. The zero-order valence-corrected chi connectivity index (χ0v) is 14.7. The largest absolute Gasteiger partial charge is 0.361 e. The summed E-state index contributed by atoms with van der Waals surface area (Å²) in [6.45, 7) is 6.88. The zero-order chi connectivity index (χ0) is 16.7. The van der Waals surface area contributed by atoms with Crippen LogP contribution in [0.2, 0.25) is 0 Å². The predicted octanol–water partition coefficient (Wildman–Crippen LogP) is 4.92. The average Bonchev–Trinajstić information content (AvgIpc) is 3.01. The van der Waals surface area contributed by atoms with Gasteiger partial charge in [-0.25, -0.2) is 4.39 Å². The van der Waals surface area contributed by atoms with Crippen LogP contribution >= 0.6 is 0 Å². The number of aromatic amines is 1. The molecule has 3 heteroatoms. The van der Waals surface area contributed by atoms with E-state index in [1.54, 1.807) is 11.6 Å². The first-order valence-electron chi connectivity index (χ1n) is 9.39. The first-order chi connectivity index (χ1) is 11.7. The molecule has 3 atom stereocenters. The van der Waals surface area contributed by atoms with Crippen LogP contribution in [0.4, 0.5) is 4.39 Å². The number of nitrogens with one attached hydrogen (secondary N) is 1. The Bertz CT molecular complexity index is 760. The van der Waals surface area contributed by atoms with Crippen molar-refractivity contribution in [1.29, 1.82) is 0 Å². The SMILES string of the molecule is CCC1=CC2C(CC)CC1CN2CCc1c[nH]c2ccc(F)cc12. The lowest BCUT2D eigenvalue weighted by molar-refractivity contribution is 0.0746. The molecule has 0 spiro atoms. The second-order valence-electron chi connectivity index (χ2n) is 7.44. The molecule has 5 rings (SSSR count). The molecule has 0 radical (unpaired) electrons. The van der Waals surface area contributed by atoms with E-state index in [2.05, 4.69) is 36.0 Å². The Morgan fingerprint density at radius 3 is 2.92 bits per heavy atom. The second-order valence-corrected chi connectivity index (χ2v) is 7.44. The van der Waals surface area contributed by atoms with Gasteiger partial charge < -0.3 is 4.98 Å². The molecule has 2 bridgehead atoms. The number of rotatable bonds is 5. The molecule has 2 aliphatic heterocycles. The third-order valence-corrected chi connectivity index (χ3v) is 6.19. The lowest BCUT2D eigenvalue weighted by Gasteiger charge is -2.49. The van der Waals surface area contributed by atoms with Gasteiger partial charge >= 0.3 is 0 Å². The molecule has 3 heterocycles. The Hall–Kier alpha value is -1.61. The minimum atomic E-state index is -0.151. The Morgan fingerprint density at radius 1 is 1.29 bits per heavy atom. The van der Waals surface area contributed by atoms with Gasteiger partial charge in [-0.15, -0.1) is 0 Å². The van der Waals surface area contributed by atoms with Gasteiger partial charge in [0.2, 0.25) is 0 Å². The van der Waals surface area contributed by atoms with Crippen LogP contribution in [0.1, 0.15) is 38.7 Å². The molecule has 1 saturated heterocycles. The molecule has 1 aromatic heterocycles. The summed E-state index contributed by atoms with van der Waals surface area (Å²) in [6, 6.07) is 5.63. The minimum absolute atomic E-state index is 0.151. The summed E-state index contributed by atoms with van der Waals surface area (Å²) < 4.78 is 13.6. The summed E-state index contributed by atoms with van der Waals surface area (Å²) >= 11 is 0. The van der Waals surface area contributed by atoms with Crippen LogP contribution in [0.5, 0.6) is 0 Å². The zero-order valence-electron chi connectivity index (χ0n) is 14.7. The van der Waals surface area contributed by atoms with Crippen LogP contribution in [0.15, 0.2) is 36.0 Å². The van der Waals surface area contributed by atoms with Crippen LogP contribution in [0, 0.1) is 17.7 Å². The molecule has 3 unspecified atom stereocenters. The van der Waals surface area contributed by atoms with E-state index in [0.717, 1.165) is 35.7 Å². The lowest BCUT2D eigenvalue weighted by atomic mass is 9.71. The number of nitrogens with zero attached hydrogens (tertiary/aromatic N) is 1. The molecule has 1 aliphatic carbocycles. The lowest BCUT2D eigenvalue weighted by Crippen LogP contribution is -2.52. The molecule has 0 saturated carbocycles. The van der Waals surface area contributed by atoms with E-state index in [1.165, 1.54) is 37.4 Å². The molecule has 128 valence electrons. The van der Waals surface area contributed by atoms with Gasteiger partial charge in [0, 0.05) is 36.2 Å². The summed E-state index contributed by atoms with van der Waals surface area (Å²) in [5, 5.41) is 1.04. The molecule has 24 heavy (non-hydrogen) atoms. The van der Waals surface area contributed by atoms with Gasteiger partial charge in [-0.1, -0.05) is 31.9 Å². The van der Waals surface area contributed by atoms with Crippen molar-refractivity contribution in [2.45, 2.75) is 45.6 Å². The van der Waals surface area contributed by atoms with Crippen molar-refractivity contribution in [2.24, 2.45) is 11.8 Å². The van der Waals surface area contributed by atoms with Crippen molar-refractivity contribution in [3.63, 3.8) is 0 Å². The second kappa shape index (κ2) is 6.36. The van der Waals surface area contributed by atoms with E-state index >= 15 is 0 Å². The number of halogens is 1. The van der Waals surface area contributed by atoms with Crippen LogP contribution in [-0.2, 0) is 6.42 Å². The molecule has 0 amide bonds. The van der Waals surface area contributed by atoms with Crippen LogP contribution in [-0.4, -0.2) is 29.0 Å². The molecule has 2 nitrogen and oxygen atoms in total. The molecule has 2 aromatic rings. The molecule has 1 N–H and O–H groups in total. The Balaban J connectivity index is 1.51. The summed E-state index contributed by atoms with van der Waals surface area (Å²) in [5.41, 5.74) is 3.94. The number of hydrogen-bond acceptors (Lipinski definition) is 1. The summed E-state index contributed by atoms with van der Waals surface area (Å²) in [7, 11) is 0. The number of piperidine rings is 1. The fourth-order valence-electron chi connectivity index (χ4n) is 4.82. The molecule has 1 fully saturated rings. The smallest absolute Gasteiger partial charge is 0.123 e. The van der Waals surface area contributed by atoms with Crippen molar-refractivity contribution in [3.8, 4) is 0 Å². The quantitative estimate of drug-likeness (QED) is 0.773. The maximum absolute atomic E-state index is 13.6. The number of benzene rings is 1. The van der Waals surface area contributed by atoms with E-state index in [0.29, 0.717) is 6.04 Å². The average molecular weight is 326 g/mol. The highest BCUT2D eigenvalue weighted by molar-refractivity contribution is 5.83. The Labute approximate surface area is 143 Å². The van der Waals surface area contributed by atoms with Crippen molar-refractivity contribution >= 4 is 10.9 Å². The van der Waals surface area contributed by atoms with Crippen LogP contribution < -0.4 is 0 Å². The van der Waals surface area contributed by atoms with Gasteiger partial charge in [0.25, 0.3) is 0 Å². The topological polar surface area (TPSA) is 19.0 Å². The normalized spacial score (nSPS) is 27.0. The summed E-state index contributed by atoms with van der Waals surface area (Å²) in [6.07, 6.45) is 9.43. The third-order valence-electron chi connectivity index (χ3n) is 6.19.